The van der Waals surface area contributed by atoms with Crippen LogP contribution in [0.5, 0.6) is 0 Å². The van der Waals surface area contributed by atoms with Gasteiger partial charge in [0.2, 0.25) is 0 Å². The summed E-state index contributed by atoms with van der Waals surface area (Å²) in [5.74, 6) is 0. The molecule has 2 atom stereocenters. The number of anilines is 1. The number of carbonyl (C=O) groups excluding carboxylic acids is 1. The number of hydrogen-bond donors (Lipinski definition) is 1. The maximum atomic E-state index is 11.0. The van der Waals surface area contributed by atoms with Crippen LogP contribution in [-0.4, -0.2) is 43.4 Å². The lowest BCUT2D eigenvalue weighted by Crippen LogP contribution is -2.51. The third kappa shape index (κ3) is 4.38. The standard InChI is InChI=1S/C20H23Cl2N3O/c21-17-7-6-16(14-18(17)22)24-9-11-25(12-10-24)20(19(23)8-13-26)15-4-2-1-3-5-15/h1-7,13-14,19-20H,8-12,23H2. The molecule has 2 N–H and O–H groups in total. The highest BCUT2D eigenvalue weighted by molar-refractivity contribution is 6.42. The number of aldehydes is 1. The molecule has 2 unspecified atom stereocenters. The van der Waals surface area contributed by atoms with Crippen LogP contribution in [0.25, 0.3) is 0 Å². The van der Waals surface area contributed by atoms with Gasteiger partial charge in [0, 0.05) is 44.3 Å². The maximum absolute atomic E-state index is 11.0. The molecule has 26 heavy (non-hydrogen) atoms. The molecule has 138 valence electrons. The Labute approximate surface area is 164 Å². The summed E-state index contributed by atoms with van der Waals surface area (Å²) in [5, 5.41) is 1.14. The predicted octanol–water partition coefficient (Wildman–Crippen LogP) is 3.77. The molecule has 6 heteroatoms. The third-order valence-corrected chi connectivity index (χ3v) is 5.63. The van der Waals surface area contributed by atoms with E-state index in [-0.39, 0.29) is 12.1 Å². The number of carbonyl (C=O) groups is 1. The van der Waals surface area contributed by atoms with Crippen molar-refractivity contribution in [2.75, 3.05) is 31.1 Å². The Morgan fingerprint density at radius 3 is 2.31 bits per heavy atom. The number of benzene rings is 2. The van der Waals surface area contributed by atoms with Gasteiger partial charge < -0.3 is 15.4 Å². The second kappa shape index (κ2) is 8.87. The van der Waals surface area contributed by atoms with E-state index < -0.39 is 0 Å². The average Bonchev–Trinajstić information content (AvgIpc) is 2.66. The highest BCUT2D eigenvalue weighted by atomic mass is 35.5. The summed E-state index contributed by atoms with van der Waals surface area (Å²) in [6.07, 6.45) is 1.26. The van der Waals surface area contributed by atoms with Gasteiger partial charge in [-0.05, 0) is 23.8 Å². The second-order valence-corrected chi connectivity index (χ2v) is 7.36. The summed E-state index contributed by atoms with van der Waals surface area (Å²) in [5.41, 5.74) is 8.59. The molecule has 1 aliphatic rings. The van der Waals surface area contributed by atoms with E-state index in [0.717, 1.165) is 43.7 Å². The maximum Gasteiger partial charge on any atom is 0.121 e. The van der Waals surface area contributed by atoms with Gasteiger partial charge in [0.05, 0.1) is 16.1 Å². The smallest absolute Gasteiger partial charge is 0.121 e. The molecule has 2 aromatic carbocycles. The van der Waals surface area contributed by atoms with Crippen molar-refractivity contribution in [2.24, 2.45) is 5.73 Å². The van der Waals surface area contributed by atoms with Crippen molar-refractivity contribution < 1.29 is 4.79 Å². The van der Waals surface area contributed by atoms with Gasteiger partial charge in [-0.25, -0.2) is 0 Å². The average molecular weight is 392 g/mol. The van der Waals surface area contributed by atoms with Crippen molar-refractivity contribution >= 4 is 35.2 Å². The number of piperazine rings is 1. The number of hydrogen-bond acceptors (Lipinski definition) is 4. The lowest BCUT2D eigenvalue weighted by Gasteiger charge is -2.42. The molecule has 0 amide bonds. The van der Waals surface area contributed by atoms with E-state index in [0.29, 0.717) is 16.5 Å². The minimum atomic E-state index is -0.216. The minimum Gasteiger partial charge on any atom is -0.369 e. The molecule has 0 aliphatic carbocycles. The van der Waals surface area contributed by atoms with Gasteiger partial charge in [-0.15, -0.1) is 0 Å². The van der Waals surface area contributed by atoms with Crippen LogP contribution < -0.4 is 10.6 Å². The summed E-state index contributed by atoms with van der Waals surface area (Å²) in [4.78, 5) is 15.7. The zero-order valence-electron chi connectivity index (χ0n) is 14.5. The van der Waals surface area contributed by atoms with E-state index in [1.54, 1.807) is 0 Å². The molecule has 1 saturated heterocycles. The minimum absolute atomic E-state index is 0.0392. The van der Waals surface area contributed by atoms with Gasteiger partial charge in [-0.1, -0.05) is 53.5 Å². The number of nitrogens with two attached hydrogens (primary N) is 1. The van der Waals surface area contributed by atoms with Crippen LogP contribution in [-0.2, 0) is 4.79 Å². The Morgan fingerprint density at radius 1 is 1.00 bits per heavy atom. The number of halogens is 2. The van der Waals surface area contributed by atoms with Crippen molar-refractivity contribution in [3.05, 3.63) is 64.1 Å². The quantitative estimate of drug-likeness (QED) is 0.761. The molecule has 0 aromatic heterocycles. The molecule has 0 bridgehead atoms. The predicted molar refractivity (Wildman–Crippen MR) is 108 cm³/mol. The van der Waals surface area contributed by atoms with Gasteiger partial charge in [-0.2, -0.15) is 0 Å². The van der Waals surface area contributed by atoms with Crippen LogP contribution in [0, 0.1) is 0 Å². The first-order valence-corrected chi connectivity index (χ1v) is 9.54. The number of rotatable bonds is 6. The van der Waals surface area contributed by atoms with Gasteiger partial charge in [0.25, 0.3) is 0 Å². The van der Waals surface area contributed by atoms with Gasteiger partial charge >= 0.3 is 0 Å². The largest absolute Gasteiger partial charge is 0.369 e. The highest BCUT2D eigenvalue weighted by Gasteiger charge is 2.29. The molecule has 0 spiro atoms. The summed E-state index contributed by atoms with van der Waals surface area (Å²) in [7, 11) is 0. The molecular weight excluding hydrogens is 369 g/mol. The summed E-state index contributed by atoms with van der Waals surface area (Å²) in [6.45, 7) is 3.48. The normalized spacial score (nSPS) is 17.7. The zero-order chi connectivity index (χ0) is 18.5. The molecule has 1 heterocycles. The van der Waals surface area contributed by atoms with Crippen molar-refractivity contribution in [2.45, 2.75) is 18.5 Å². The molecule has 3 rings (SSSR count). The van der Waals surface area contributed by atoms with Crippen LogP contribution in [0.1, 0.15) is 18.0 Å². The van der Waals surface area contributed by atoms with E-state index in [2.05, 4.69) is 21.9 Å². The third-order valence-electron chi connectivity index (χ3n) is 4.89. The van der Waals surface area contributed by atoms with Crippen molar-refractivity contribution in [3.8, 4) is 0 Å². The molecule has 2 aromatic rings. The fraction of sp³-hybridized carbons (Fsp3) is 0.350. The first-order valence-electron chi connectivity index (χ1n) is 8.78. The summed E-state index contributed by atoms with van der Waals surface area (Å²) >= 11 is 12.2. The molecule has 0 radical (unpaired) electrons. The molecular formula is C20H23Cl2N3O. The van der Waals surface area contributed by atoms with Crippen LogP contribution in [0.2, 0.25) is 10.0 Å². The SMILES string of the molecule is NC(CC=O)C(c1ccccc1)N1CCN(c2ccc(Cl)c(Cl)c2)CC1. The highest BCUT2D eigenvalue weighted by Crippen LogP contribution is 2.30. The molecule has 1 fully saturated rings. The van der Waals surface area contributed by atoms with Crippen LogP contribution in [0.4, 0.5) is 5.69 Å². The monoisotopic (exact) mass is 391 g/mol. The van der Waals surface area contributed by atoms with Crippen molar-refractivity contribution in [1.29, 1.82) is 0 Å². The van der Waals surface area contributed by atoms with E-state index in [1.165, 1.54) is 0 Å². The topological polar surface area (TPSA) is 49.6 Å². The fourth-order valence-electron chi connectivity index (χ4n) is 3.56. The summed E-state index contributed by atoms with van der Waals surface area (Å²) in [6, 6.07) is 15.8. The van der Waals surface area contributed by atoms with E-state index >= 15 is 0 Å². The van der Waals surface area contributed by atoms with E-state index in [1.807, 2.05) is 36.4 Å². The van der Waals surface area contributed by atoms with E-state index in [9.17, 15) is 4.79 Å². The summed E-state index contributed by atoms with van der Waals surface area (Å²) < 4.78 is 0. The Bertz CT molecular complexity index is 733. The van der Waals surface area contributed by atoms with E-state index in [4.69, 9.17) is 28.9 Å². The first kappa shape index (κ1) is 19.2. The first-order chi connectivity index (χ1) is 12.6. The molecule has 0 saturated carbocycles. The molecule has 4 nitrogen and oxygen atoms in total. The second-order valence-electron chi connectivity index (χ2n) is 6.54. The zero-order valence-corrected chi connectivity index (χ0v) is 16.0. The van der Waals surface area contributed by atoms with Gasteiger partial charge in [0.1, 0.15) is 6.29 Å². The Morgan fingerprint density at radius 2 is 1.69 bits per heavy atom. The fourth-order valence-corrected chi connectivity index (χ4v) is 3.85. The lowest BCUT2D eigenvalue weighted by molar-refractivity contribution is -0.108. The molecule has 1 aliphatic heterocycles. The van der Waals surface area contributed by atoms with Crippen LogP contribution in [0.15, 0.2) is 48.5 Å². The number of nitrogens with zero attached hydrogens (tertiary/aromatic N) is 2. The Balaban J connectivity index is 1.73. The Kier molecular flexibility index (Phi) is 6.54. The van der Waals surface area contributed by atoms with Crippen LogP contribution in [0.3, 0.4) is 0 Å². The van der Waals surface area contributed by atoms with Gasteiger partial charge in [0.15, 0.2) is 0 Å². The lowest BCUT2D eigenvalue weighted by atomic mass is 9.95. The van der Waals surface area contributed by atoms with Gasteiger partial charge in [-0.3, -0.25) is 4.90 Å². The van der Waals surface area contributed by atoms with Crippen molar-refractivity contribution in [3.63, 3.8) is 0 Å². The Hall–Kier alpha value is -1.59. The van der Waals surface area contributed by atoms with Crippen LogP contribution >= 0.6 is 23.2 Å². The van der Waals surface area contributed by atoms with Crippen molar-refractivity contribution in [1.82, 2.24) is 4.90 Å².